The zero-order valence-electron chi connectivity index (χ0n) is 67.5. The van der Waals surface area contributed by atoms with Crippen LogP contribution in [0, 0.1) is 86.2 Å². The van der Waals surface area contributed by atoms with Gasteiger partial charge in [-0.05, 0) is 144 Å². The third-order valence-corrected chi connectivity index (χ3v) is 24.9. The Balaban J connectivity index is 0.000000115. The van der Waals surface area contributed by atoms with Gasteiger partial charge in [-0.1, -0.05) is 0 Å². The van der Waals surface area contributed by atoms with Gasteiger partial charge in [0.1, 0.15) is 59.3 Å². The molecule has 5 aliphatic carbocycles. The van der Waals surface area contributed by atoms with Crippen molar-refractivity contribution in [3.05, 3.63) is 161 Å². The van der Waals surface area contributed by atoms with Gasteiger partial charge in [0.25, 0.3) is 11.1 Å². The highest BCUT2D eigenvalue weighted by atomic mass is 16.3. The van der Waals surface area contributed by atoms with Crippen LogP contribution in [0.15, 0.2) is 145 Å². The van der Waals surface area contributed by atoms with Crippen LogP contribution in [-0.2, 0) is 0 Å². The Kier molecular flexibility index (Phi) is 25.3. The minimum Gasteiger partial charge on any atom is -0.506 e. The molecular formula is C85H90N30O10. The maximum atomic E-state index is 13.0. The minimum absolute atomic E-state index is 0.00933. The molecule has 0 spiro atoms. The van der Waals surface area contributed by atoms with E-state index >= 15 is 0 Å². The second kappa shape index (κ2) is 37.5. The van der Waals surface area contributed by atoms with Gasteiger partial charge in [0, 0.05) is 100 Å². The van der Waals surface area contributed by atoms with E-state index in [0.29, 0.717) is 120 Å². The van der Waals surface area contributed by atoms with Crippen LogP contribution in [0.1, 0.15) is 152 Å². The fourth-order valence-corrected chi connectivity index (χ4v) is 18.7. The lowest BCUT2D eigenvalue weighted by Gasteiger charge is -2.22. The molecule has 15 aromatic rings. The van der Waals surface area contributed by atoms with E-state index in [4.69, 9.17) is 0 Å². The van der Waals surface area contributed by atoms with Crippen LogP contribution in [0.4, 0.5) is 0 Å². The average molecular weight is 1690 g/mol. The highest BCUT2D eigenvalue weighted by molar-refractivity contribution is 5.96. The van der Waals surface area contributed by atoms with Crippen molar-refractivity contribution < 1.29 is 35.7 Å². The number of hydrogen-bond acceptors (Lipinski definition) is 27. The van der Waals surface area contributed by atoms with E-state index in [2.05, 4.69) is 131 Å². The van der Waals surface area contributed by atoms with Gasteiger partial charge in [-0.25, -0.2) is 49.3 Å². The third kappa shape index (κ3) is 18.0. The molecule has 40 heteroatoms. The molecule has 40 nitrogen and oxygen atoms in total. The summed E-state index contributed by atoms with van der Waals surface area (Å²) in [5.41, 5.74) is 8.73. The Morgan fingerprint density at radius 3 is 1.33 bits per heavy atom. The van der Waals surface area contributed by atoms with Crippen LogP contribution < -0.4 is 16.8 Å². The second-order valence-electron chi connectivity index (χ2n) is 32.5. The number of nitrogens with zero attached hydrogens (tertiary/aromatic N) is 22. The lowest BCUT2D eigenvalue weighted by Crippen LogP contribution is -2.28. The van der Waals surface area contributed by atoms with Crippen LogP contribution in [0.3, 0.4) is 0 Å². The van der Waals surface area contributed by atoms with E-state index < -0.39 is 17.9 Å². The predicted molar refractivity (Wildman–Crippen MR) is 450 cm³/mol. The first-order valence-corrected chi connectivity index (χ1v) is 41.5. The lowest BCUT2D eigenvalue weighted by molar-refractivity contribution is 0.0438. The van der Waals surface area contributed by atoms with E-state index in [9.17, 15) is 76.4 Å². The SMILES string of the molecule is N#CCC(C1CC(O)C(O)C1)n1cc(-c2ncnc3[nH]ccc23)cn1.N#CCC(C1CCC(O)C1)n1[nH]cc(-c2ncnc3[nH]ccc23)c1=O.N#CCC(C1CCC(O)C1)n1cc(-c2[nH]c(=O)nc3[nH]ccc23)cn1.N#CCC(C1CCC(O)C1)n1cc(-c2ncnc3[nH]cc(O)c23)cn1.N#CCC(C1CCC(O)C1)n1cc(-c2ncnc3[nH]ccc23)c(=O)[nH]1. The molecule has 15 N–H and O–H groups in total. The van der Waals surface area contributed by atoms with E-state index in [1.54, 1.807) is 68.3 Å². The molecule has 15 heterocycles. The van der Waals surface area contributed by atoms with Crippen molar-refractivity contribution in [2.45, 2.75) is 189 Å². The molecule has 5 saturated carbocycles. The predicted octanol–water partition coefficient (Wildman–Crippen LogP) is 8.74. The van der Waals surface area contributed by atoms with Gasteiger partial charge in [-0.3, -0.25) is 33.4 Å². The van der Waals surface area contributed by atoms with E-state index in [-0.39, 0.29) is 120 Å². The Morgan fingerprint density at radius 2 is 0.824 bits per heavy atom. The Bertz CT molecular complexity index is 6610. The average Bonchev–Trinajstić information content (AvgIpc) is 1.65. The Labute approximate surface area is 709 Å². The number of rotatable bonds is 20. The maximum absolute atomic E-state index is 13.0. The summed E-state index contributed by atoms with van der Waals surface area (Å²) in [6, 6.07) is 17.7. The molecule has 15 atom stereocenters. The van der Waals surface area contributed by atoms with Gasteiger partial charge >= 0.3 is 5.69 Å². The van der Waals surface area contributed by atoms with Gasteiger partial charge in [-0.15, -0.1) is 0 Å². The molecule has 0 aromatic carbocycles. The van der Waals surface area contributed by atoms with Crippen LogP contribution in [0.5, 0.6) is 5.75 Å². The summed E-state index contributed by atoms with van der Waals surface area (Å²) < 4.78 is 8.57. The Morgan fingerprint density at radius 1 is 0.416 bits per heavy atom. The number of hydrogen-bond donors (Lipinski definition) is 15. The number of aromatic nitrogens is 25. The number of nitrogens with one attached hydrogen (secondary N) is 8. The molecule has 5 aliphatic rings. The van der Waals surface area contributed by atoms with Crippen molar-refractivity contribution in [1.82, 2.24) is 124 Å². The van der Waals surface area contributed by atoms with Crippen LogP contribution >= 0.6 is 0 Å². The summed E-state index contributed by atoms with van der Waals surface area (Å²) in [6.45, 7) is 0. The number of aromatic hydroxyl groups is 1. The van der Waals surface area contributed by atoms with Crippen LogP contribution in [-0.4, -0.2) is 196 Å². The third-order valence-electron chi connectivity index (χ3n) is 24.9. The first kappa shape index (κ1) is 84.2. The number of aromatic amines is 8. The molecule has 15 unspecified atom stereocenters. The second-order valence-corrected chi connectivity index (χ2v) is 32.5. The largest absolute Gasteiger partial charge is 0.506 e. The van der Waals surface area contributed by atoms with Crippen molar-refractivity contribution in [2.24, 2.45) is 29.6 Å². The molecule has 0 saturated heterocycles. The maximum Gasteiger partial charge on any atom is 0.347 e. The van der Waals surface area contributed by atoms with Crippen molar-refractivity contribution in [3.8, 4) is 92.4 Å². The standard InChI is InChI=1S/5C17H18N6O2/c18-3-1-13(10-5-14(24)15(25)6-10)23-8-11(7-22-23)16-12-2-4-19-17(12)21-9-20-16;18-5-3-14(10-1-2-12(24)7-10)23-9-11(8-20-23)15-13-4-6-19-16(13)22-17(25)21-15;18-5-3-14(10-1-2-11(24)7-10)23-8-13(17(25)22-23)15-12-4-6-19-16(12)21-9-20-15;18-5-3-14(10-1-2-11(24)7-10)23-17(25)13(8-22-23)15-12-4-6-19-16(12)21-9-20-15;18-4-3-13(10-1-2-12(24)5-10)23-8-11(6-22-23)16-15-14(25)7-19-17(15)21-9-20-16/h2,4,7-10,13-15,24-25H,1,5-6H2,(H,19,20,21);4,6,8-10,12,14,24H,1-3,7H2,(H2,19,21,22,25);4,6,8-11,14,24H,1-3,7H2,(H,22,25)(H,19,20,21);4,6,8-11,14,22,24H,1-3,7H2,(H,19,20,21);6-10,12-13,24-25H,1-3,5H2,(H,19,20,21). The molecule has 0 bridgehead atoms. The van der Waals surface area contributed by atoms with Crippen molar-refractivity contribution in [1.29, 1.82) is 26.3 Å². The van der Waals surface area contributed by atoms with E-state index in [0.717, 1.165) is 94.5 Å². The van der Waals surface area contributed by atoms with E-state index in [1.807, 2.05) is 49.1 Å². The number of aliphatic hydroxyl groups excluding tert-OH is 6. The summed E-state index contributed by atoms with van der Waals surface area (Å²) in [5, 5.41) is 138. The zero-order valence-corrected chi connectivity index (χ0v) is 67.5. The summed E-state index contributed by atoms with van der Waals surface area (Å²) in [4.78, 5) is 92.6. The minimum atomic E-state index is -0.734. The van der Waals surface area contributed by atoms with Gasteiger partial charge < -0.3 is 70.7 Å². The molecule has 0 aliphatic heterocycles. The molecule has 0 amide bonds. The Hall–Kier alpha value is -14.4. The zero-order chi connectivity index (χ0) is 86.9. The van der Waals surface area contributed by atoms with Gasteiger partial charge in [0.05, 0.1) is 193 Å². The molecule has 5 fully saturated rings. The quantitative estimate of drug-likeness (QED) is 0.0339. The first-order valence-electron chi connectivity index (χ1n) is 41.5. The molecule has 15 aromatic heterocycles. The fraction of sp³-hybridized carbons (Fsp3) is 0.412. The molecular weight excluding hydrogens is 1600 g/mol. The van der Waals surface area contributed by atoms with E-state index in [1.165, 1.54) is 36.2 Å². The van der Waals surface area contributed by atoms with Crippen LogP contribution in [0.25, 0.3) is 111 Å². The number of aliphatic hydroxyl groups is 6. The van der Waals surface area contributed by atoms with Gasteiger partial charge in [-0.2, -0.15) is 46.6 Å². The molecule has 640 valence electrons. The highest BCUT2D eigenvalue weighted by Gasteiger charge is 2.40. The van der Waals surface area contributed by atoms with Gasteiger partial charge in [0.15, 0.2) is 0 Å². The van der Waals surface area contributed by atoms with Crippen molar-refractivity contribution >= 4 is 55.2 Å². The highest BCUT2D eigenvalue weighted by Crippen LogP contribution is 2.43. The smallest absolute Gasteiger partial charge is 0.347 e. The first-order chi connectivity index (χ1) is 60.8. The van der Waals surface area contributed by atoms with Crippen molar-refractivity contribution in [3.63, 3.8) is 0 Å². The summed E-state index contributed by atoms with van der Waals surface area (Å²) in [5.74, 6) is 0.834. The molecule has 0 radical (unpaired) electrons. The summed E-state index contributed by atoms with van der Waals surface area (Å²) >= 11 is 0. The summed E-state index contributed by atoms with van der Waals surface area (Å²) in [6.07, 6.45) is 37.1. The monoisotopic (exact) mass is 1690 g/mol. The number of fused-ring (bicyclic) bond motifs is 5. The normalized spacial score (nSPS) is 22.0. The topological polar surface area (TPSA) is 617 Å². The van der Waals surface area contributed by atoms with Crippen LogP contribution in [0.2, 0.25) is 0 Å². The van der Waals surface area contributed by atoms with Crippen molar-refractivity contribution in [2.75, 3.05) is 0 Å². The lowest BCUT2D eigenvalue weighted by atomic mass is 9.95. The number of H-pyrrole nitrogens is 8. The number of nitriles is 5. The molecule has 20 rings (SSSR count). The fourth-order valence-electron chi connectivity index (χ4n) is 18.7. The molecule has 125 heavy (non-hydrogen) atoms. The van der Waals surface area contributed by atoms with Gasteiger partial charge in [0.2, 0.25) is 0 Å². The summed E-state index contributed by atoms with van der Waals surface area (Å²) in [7, 11) is 0.